The zero-order chi connectivity index (χ0) is 19.7. The van der Waals surface area contributed by atoms with Crippen LogP contribution >= 0.6 is 50.5 Å². The lowest BCUT2D eigenvalue weighted by Crippen LogP contribution is -2.30. The van der Waals surface area contributed by atoms with Crippen LogP contribution in [0.5, 0.6) is 0 Å². The van der Waals surface area contributed by atoms with Crippen molar-refractivity contribution in [2.45, 2.75) is 6.54 Å². The zero-order valence-corrected chi connectivity index (χ0v) is 18.3. The summed E-state index contributed by atoms with van der Waals surface area (Å²) in [6.07, 6.45) is 0. The van der Waals surface area contributed by atoms with E-state index < -0.39 is 0 Å². The van der Waals surface area contributed by atoms with Crippen LogP contribution in [0, 0.1) is 0 Å². The molecule has 1 heterocycles. The normalized spacial score (nSPS) is 11.0. The number of thiazole rings is 1. The Morgan fingerprint density at radius 1 is 1.04 bits per heavy atom. The highest BCUT2D eigenvalue weighted by molar-refractivity contribution is 9.10. The van der Waals surface area contributed by atoms with Crippen molar-refractivity contribution in [1.29, 1.82) is 0 Å². The summed E-state index contributed by atoms with van der Waals surface area (Å²) >= 11 is 17.3. The quantitative estimate of drug-likeness (QED) is 0.302. The molecule has 0 unspecified atom stereocenters. The van der Waals surface area contributed by atoms with Gasteiger partial charge in [0.25, 0.3) is 5.91 Å². The van der Waals surface area contributed by atoms with E-state index in [-0.39, 0.29) is 5.91 Å². The minimum Gasteiger partial charge on any atom is -0.279 e. The van der Waals surface area contributed by atoms with Gasteiger partial charge in [0.1, 0.15) is 0 Å². The standard InChI is InChI=1S/C21H13BrCl2N2OS/c22-14-6-8-17(24)16(10-14)20(27)26(12-13-4-2-1-3-5-13)21-25-18-9-7-15(23)11-19(18)28-21/h1-11H,12H2. The van der Waals surface area contributed by atoms with Crippen LogP contribution in [-0.4, -0.2) is 10.9 Å². The van der Waals surface area contributed by atoms with Crippen molar-refractivity contribution in [3.8, 4) is 0 Å². The van der Waals surface area contributed by atoms with Gasteiger partial charge >= 0.3 is 0 Å². The maximum atomic E-state index is 13.4. The third kappa shape index (κ3) is 4.08. The fraction of sp³-hybridized carbons (Fsp3) is 0.0476. The number of hydrogen-bond acceptors (Lipinski definition) is 3. The molecular weight excluding hydrogens is 479 g/mol. The Bertz CT molecular complexity index is 1160. The van der Waals surface area contributed by atoms with Crippen molar-refractivity contribution in [3.63, 3.8) is 0 Å². The number of halogens is 3. The SMILES string of the molecule is O=C(c1cc(Br)ccc1Cl)N(Cc1ccccc1)c1nc2ccc(Cl)cc2s1. The van der Waals surface area contributed by atoms with E-state index in [0.717, 1.165) is 20.3 Å². The fourth-order valence-electron chi connectivity index (χ4n) is 2.80. The van der Waals surface area contributed by atoms with Crippen LogP contribution in [0.4, 0.5) is 5.13 Å². The second kappa shape index (κ2) is 8.21. The second-order valence-corrected chi connectivity index (χ2v) is 8.88. The summed E-state index contributed by atoms with van der Waals surface area (Å²) in [6.45, 7) is 0.385. The van der Waals surface area contributed by atoms with Gasteiger partial charge in [-0.15, -0.1) is 0 Å². The molecule has 0 aliphatic heterocycles. The van der Waals surface area contributed by atoms with Gasteiger partial charge in [-0.25, -0.2) is 4.98 Å². The fourth-order valence-corrected chi connectivity index (χ4v) is 4.60. The minimum absolute atomic E-state index is 0.208. The van der Waals surface area contributed by atoms with E-state index in [0.29, 0.717) is 27.3 Å². The van der Waals surface area contributed by atoms with Gasteiger partial charge in [-0.05, 0) is 42.0 Å². The monoisotopic (exact) mass is 490 g/mol. The lowest BCUT2D eigenvalue weighted by Gasteiger charge is -2.21. The van der Waals surface area contributed by atoms with Crippen LogP contribution in [0.25, 0.3) is 10.2 Å². The molecule has 0 atom stereocenters. The van der Waals surface area contributed by atoms with Gasteiger partial charge in [-0.2, -0.15) is 0 Å². The van der Waals surface area contributed by atoms with Crippen LogP contribution in [0.3, 0.4) is 0 Å². The Labute approximate surface area is 184 Å². The molecule has 0 bridgehead atoms. The number of aromatic nitrogens is 1. The number of fused-ring (bicyclic) bond motifs is 1. The number of anilines is 1. The molecule has 0 N–H and O–H groups in total. The Balaban J connectivity index is 1.80. The van der Waals surface area contributed by atoms with Crippen LogP contribution < -0.4 is 4.90 Å². The molecule has 4 rings (SSSR count). The third-order valence-corrected chi connectivity index (χ3v) is 6.26. The van der Waals surface area contributed by atoms with Crippen molar-refractivity contribution in [2.24, 2.45) is 0 Å². The van der Waals surface area contributed by atoms with E-state index in [1.165, 1.54) is 11.3 Å². The summed E-state index contributed by atoms with van der Waals surface area (Å²) in [6, 6.07) is 20.5. The first-order chi connectivity index (χ1) is 13.5. The number of benzene rings is 3. The Hall–Kier alpha value is -1.92. The highest BCUT2D eigenvalue weighted by Crippen LogP contribution is 2.33. The average Bonchev–Trinajstić information content (AvgIpc) is 3.11. The molecule has 0 aliphatic carbocycles. The van der Waals surface area contributed by atoms with E-state index in [2.05, 4.69) is 20.9 Å². The summed E-state index contributed by atoms with van der Waals surface area (Å²) in [5, 5.41) is 1.64. The number of amides is 1. The van der Waals surface area contributed by atoms with Gasteiger partial charge in [-0.3, -0.25) is 9.69 Å². The first-order valence-corrected chi connectivity index (χ1v) is 10.7. The molecular formula is C21H13BrCl2N2OS. The first-order valence-electron chi connectivity index (χ1n) is 8.38. The Morgan fingerprint density at radius 2 is 1.82 bits per heavy atom. The Morgan fingerprint density at radius 3 is 2.61 bits per heavy atom. The first kappa shape index (κ1) is 19.4. The maximum Gasteiger partial charge on any atom is 0.261 e. The smallest absolute Gasteiger partial charge is 0.261 e. The molecule has 140 valence electrons. The second-order valence-electron chi connectivity index (χ2n) is 6.11. The van der Waals surface area contributed by atoms with Gasteiger partial charge in [0, 0.05) is 9.50 Å². The lowest BCUT2D eigenvalue weighted by atomic mass is 10.1. The molecule has 0 radical (unpaired) electrons. The topological polar surface area (TPSA) is 33.2 Å². The highest BCUT2D eigenvalue weighted by Gasteiger charge is 2.24. The van der Waals surface area contributed by atoms with E-state index >= 15 is 0 Å². The molecule has 3 aromatic carbocycles. The van der Waals surface area contributed by atoms with Gasteiger partial charge in [-0.1, -0.05) is 80.8 Å². The molecule has 0 aliphatic rings. The number of hydrogen-bond donors (Lipinski definition) is 0. The predicted molar refractivity (Wildman–Crippen MR) is 121 cm³/mol. The molecule has 0 spiro atoms. The molecule has 1 aromatic heterocycles. The predicted octanol–water partition coefficient (Wildman–Crippen LogP) is 7.21. The van der Waals surface area contributed by atoms with Crippen molar-refractivity contribution in [1.82, 2.24) is 4.98 Å². The lowest BCUT2D eigenvalue weighted by molar-refractivity contribution is 0.0985. The minimum atomic E-state index is -0.208. The van der Waals surface area contributed by atoms with E-state index in [9.17, 15) is 4.79 Å². The molecule has 0 saturated carbocycles. The molecule has 0 fully saturated rings. The molecule has 0 saturated heterocycles. The third-order valence-electron chi connectivity index (χ3n) is 4.16. The highest BCUT2D eigenvalue weighted by atomic mass is 79.9. The number of nitrogens with zero attached hydrogens (tertiary/aromatic N) is 2. The van der Waals surface area contributed by atoms with Crippen molar-refractivity contribution in [3.05, 3.63) is 92.4 Å². The van der Waals surface area contributed by atoms with Crippen LogP contribution in [0.1, 0.15) is 15.9 Å². The van der Waals surface area contributed by atoms with Crippen molar-refractivity contribution < 1.29 is 4.79 Å². The summed E-state index contributed by atoms with van der Waals surface area (Å²) in [5.74, 6) is -0.208. The van der Waals surface area contributed by atoms with E-state index in [1.54, 1.807) is 29.2 Å². The van der Waals surface area contributed by atoms with Crippen LogP contribution in [0.2, 0.25) is 10.0 Å². The van der Waals surface area contributed by atoms with Crippen molar-refractivity contribution >= 4 is 71.7 Å². The number of carbonyl (C=O) groups excluding carboxylic acids is 1. The van der Waals surface area contributed by atoms with E-state index in [1.807, 2.05) is 42.5 Å². The number of carbonyl (C=O) groups is 1. The number of rotatable bonds is 4. The molecule has 3 nitrogen and oxygen atoms in total. The summed E-state index contributed by atoms with van der Waals surface area (Å²) in [7, 11) is 0. The molecule has 4 aromatic rings. The van der Waals surface area contributed by atoms with Gasteiger partial charge in [0.05, 0.1) is 27.3 Å². The molecule has 28 heavy (non-hydrogen) atoms. The average molecular weight is 492 g/mol. The summed E-state index contributed by atoms with van der Waals surface area (Å²) in [5.41, 5.74) is 2.22. The van der Waals surface area contributed by atoms with E-state index in [4.69, 9.17) is 23.2 Å². The zero-order valence-electron chi connectivity index (χ0n) is 14.4. The van der Waals surface area contributed by atoms with Gasteiger partial charge in [0.15, 0.2) is 5.13 Å². The Kier molecular flexibility index (Phi) is 5.69. The van der Waals surface area contributed by atoms with Crippen LogP contribution in [-0.2, 0) is 6.54 Å². The van der Waals surface area contributed by atoms with Gasteiger partial charge in [0.2, 0.25) is 0 Å². The van der Waals surface area contributed by atoms with Gasteiger partial charge < -0.3 is 0 Å². The summed E-state index contributed by atoms with van der Waals surface area (Å²) < 4.78 is 1.71. The molecule has 1 amide bonds. The maximum absolute atomic E-state index is 13.4. The van der Waals surface area contributed by atoms with Crippen molar-refractivity contribution in [2.75, 3.05) is 4.90 Å². The van der Waals surface area contributed by atoms with Crippen LogP contribution in [0.15, 0.2) is 71.2 Å². The largest absolute Gasteiger partial charge is 0.279 e. The summed E-state index contributed by atoms with van der Waals surface area (Å²) in [4.78, 5) is 19.7. The molecule has 7 heteroatoms.